The van der Waals surface area contributed by atoms with Gasteiger partial charge in [0.2, 0.25) is 0 Å². The Kier molecular flexibility index (Phi) is 3.98. The molecule has 0 aliphatic heterocycles. The molecule has 0 heterocycles. The van der Waals surface area contributed by atoms with Crippen molar-refractivity contribution in [2.75, 3.05) is 0 Å². The SMILES string of the molecule is CC1CC(C)CC(O)(Cc2ccc(Cl)c(F)c2)C1. The lowest BCUT2D eigenvalue weighted by atomic mass is 9.71. The summed E-state index contributed by atoms with van der Waals surface area (Å²) in [7, 11) is 0. The summed E-state index contributed by atoms with van der Waals surface area (Å²) < 4.78 is 13.4. The van der Waals surface area contributed by atoms with Gasteiger partial charge < -0.3 is 5.11 Å². The highest BCUT2D eigenvalue weighted by atomic mass is 35.5. The van der Waals surface area contributed by atoms with Gasteiger partial charge in [-0.25, -0.2) is 4.39 Å². The number of benzene rings is 1. The predicted molar refractivity (Wildman–Crippen MR) is 72.2 cm³/mol. The Morgan fingerprint density at radius 3 is 2.50 bits per heavy atom. The van der Waals surface area contributed by atoms with Gasteiger partial charge >= 0.3 is 0 Å². The standard InChI is InChI=1S/C15H20ClFO/c1-10-5-11(2)8-15(18,7-10)9-12-3-4-13(16)14(17)6-12/h3-4,6,10-11,18H,5,7-9H2,1-2H3. The third kappa shape index (κ3) is 3.24. The zero-order valence-electron chi connectivity index (χ0n) is 10.9. The van der Waals surface area contributed by atoms with Crippen LogP contribution in [-0.4, -0.2) is 10.7 Å². The smallest absolute Gasteiger partial charge is 0.142 e. The van der Waals surface area contributed by atoms with Crippen LogP contribution in [-0.2, 0) is 6.42 Å². The van der Waals surface area contributed by atoms with Crippen molar-refractivity contribution in [2.24, 2.45) is 11.8 Å². The molecule has 0 aromatic heterocycles. The Bertz CT molecular complexity index is 423. The first kappa shape index (κ1) is 13.8. The van der Waals surface area contributed by atoms with Crippen LogP contribution in [0.25, 0.3) is 0 Å². The van der Waals surface area contributed by atoms with E-state index in [1.807, 2.05) is 0 Å². The minimum absolute atomic E-state index is 0.135. The molecule has 1 aliphatic rings. The zero-order valence-corrected chi connectivity index (χ0v) is 11.7. The molecule has 2 rings (SSSR count). The first-order chi connectivity index (χ1) is 8.38. The summed E-state index contributed by atoms with van der Waals surface area (Å²) in [6.45, 7) is 4.34. The maximum Gasteiger partial charge on any atom is 0.142 e. The molecule has 1 fully saturated rings. The number of hydrogen-bond donors (Lipinski definition) is 1. The Balaban J connectivity index is 2.13. The quantitative estimate of drug-likeness (QED) is 0.854. The van der Waals surface area contributed by atoms with E-state index in [2.05, 4.69) is 13.8 Å². The summed E-state index contributed by atoms with van der Waals surface area (Å²) in [5.41, 5.74) is 0.123. The van der Waals surface area contributed by atoms with Crippen molar-refractivity contribution in [3.05, 3.63) is 34.6 Å². The summed E-state index contributed by atoms with van der Waals surface area (Å²) in [4.78, 5) is 0. The summed E-state index contributed by atoms with van der Waals surface area (Å²) in [5.74, 6) is 0.640. The molecule has 1 aliphatic carbocycles. The van der Waals surface area contributed by atoms with E-state index >= 15 is 0 Å². The molecule has 1 aromatic carbocycles. The van der Waals surface area contributed by atoms with E-state index in [0.29, 0.717) is 18.3 Å². The van der Waals surface area contributed by atoms with E-state index in [0.717, 1.165) is 24.8 Å². The van der Waals surface area contributed by atoms with Crippen molar-refractivity contribution in [1.29, 1.82) is 0 Å². The van der Waals surface area contributed by atoms with Gasteiger partial charge in [-0.2, -0.15) is 0 Å². The van der Waals surface area contributed by atoms with Crippen molar-refractivity contribution in [3.63, 3.8) is 0 Å². The molecule has 100 valence electrons. The summed E-state index contributed by atoms with van der Waals surface area (Å²) >= 11 is 5.67. The molecule has 0 saturated heterocycles. The molecule has 2 unspecified atom stereocenters. The van der Waals surface area contributed by atoms with Gasteiger partial charge in [0, 0.05) is 6.42 Å². The lowest BCUT2D eigenvalue weighted by Crippen LogP contribution is -2.39. The third-order valence-corrected chi connectivity index (χ3v) is 4.09. The molecule has 0 amide bonds. The summed E-state index contributed by atoms with van der Waals surface area (Å²) in [6.07, 6.45) is 3.26. The van der Waals surface area contributed by atoms with Crippen LogP contribution in [0.15, 0.2) is 18.2 Å². The Hall–Kier alpha value is -0.600. The number of halogens is 2. The maximum atomic E-state index is 13.4. The van der Waals surface area contributed by atoms with Gasteiger partial charge in [0.25, 0.3) is 0 Å². The molecule has 2 atom stereocenters. The summed E-state index contributed by atoms with van der Waals surface area (Å²) in [5, 5.41) is 10.8. The van der Waals surface area contributed by atoms with E-state index < -0.39 is 11.4 Å². The number of aliphatic hydroxyl groups is 1. The second-order valence-corrected chi connectivity index (χ2v) is 6.41. The van der Waals surface area contributed by atoms with Crippen LogP contribution in [0.4, 0.5) is 4.39 Å². The highest BCUT2D eigenvalue weighted by molar-refractivity contribution is 6.30. The fraction of sp³-hybridized carbons (Fsp3) is 0.600. The van der Waals surface area contributed by atoms with Gasteiger partial charge in [-0.3, -0.25) is 0 Å². The van der Waals surface area contributed by atoms with Crippen LogP contribution in [0.5, 0.6) is 0 Å². The highest BCUT2D eigenvalue weighted by Gasteiger charge is 2.36. The molecular formula is C15H20ClFO. The first-order valence-corrected chi connectivity index (χ1v) is 6.92. The van der Waals surface area contributed by atoms with Gasteiger partial charge in [-0.15, -0.1) is 0 Å². The van der Waals surface area contributed by atoms with E-state index in [-0.39, 0.29) is 5.02 Å². The molecule has 18 heavy (non-hydrogen) atoms. The van der Waals surface area contributed by atoms with Crippen LogP contribution in [0, 0.1) is 17.7 Å². The molecular weight excluding hydrogens is 251 g/mol. The molecule has 1 aromatic rings. The number of hydrogen-bond acceptors (Lipinski definition) is 1. The predicted octanol–water partition coefficient (Wildman–Crippen LogP) is 4.21. The molecule has 3 heteroatoms. The van der Waals surface area contributed by atoms with Gasteiger partial charge in [0.15, 0.2) is 0 Å². The minimum Gasteiger partial charge on any atom is -0.390 e. The second kappa shape index (κ2) is 5.18. The average molecular weight is 271 g/mol. The molecule has 1 saturated carbocycles. The molecule has 1 nitrogen and oxygen atoms in total. The van der Waals surface area contributed by atoms with E-state index in [1.165, 1.54) is 6.07 Å². The Labute approximate surface area is 113 Å². The lowest BCUT2D eigenvalue weighted by Gasteiger charge is -2.39. The van der Waals surface area contributed by atoms with Gasteiger partial charge in [0.05, 0.1) is 10.6 Å². The molecule has 0 spiro atoms. The monoisotopic (exact) mass is 270 g/mol. The van der Waals surface area contributed by atoms with Crippen LogP contribution in [0.2, 0.25) is 5.02 Å². The number of rotatable bonds is 2. The topological polar surface area (TPSA) is 20.2 Å². The van der Waals surface area contributed by atoms with Crippen molar-refractivity contribution >= 4 is 11.6 Å². The van der Waals surface area contributed by atoms with Crippen LogP contribution >= 0.6 is 11.6 Å². The van der Waals surface area contributed by atoms with Crippen molar-refractivity contribution in [1.82, 2.24) is 0 Å². The van der Waals surface area contributed by atoms with Gasteiger partial charge in [-0.05, 0) is 48.8 Å². The van der Waals surface area contributed by atoms with Gasteiger partial charge in [0.1, 0.15) is 5.82 Å². The van der Waals surface area contributed by atoms with Crippen LogP contribution in [0.3, 0.4) is 0 Å². The van der Waals surface area contributed by atoms with E-state index in [1.54, 1.807) is 12.1 Å². The fourth-order valence-corrected chi connectivity index (χ4v) is 3.53. The largest absolute Gasteiger partial charge is 0.390 e. The van der Waals surface area contributed by atoms with Crippen molar-refractivity contribution in [3.8, 4) is 0 Å². The normalized spacial score (nSPS) is 32.5. The highest BCUT2D eigenvalue weighted by Crippen LogP contribution is 2.38. The lowest BCUT2D eigenvalue weighted by molar-refractivity contribution is -0.0305. The van der Waals surface area contributed by atoms with Crippen molar-refractivity contribution in [2.45, 2.75) is 45.1 Å². The molecule has 0 radical (unpaired) electrons. The molecule has 0 bridgehead atoms. The first-order valence-electron chi connectivity index (χ1n) is 6.54. The fourth-order valence-electron chi connectivity index (χ4n) is 3.41. The summed E-state index contributed by atoms with van der Waals surface area (Å²) in [6, 6.07) is 4.79. The van der Waals surface area contributed by atoms with Crippen molar-refractivity contribution < 1.29 is 9.50 Å². The van der Waals surface area contributed by atoms with E-state index in [9.17, 15) is 9.50 Å². The Morgan fingerprint density at radius 2 is 1.94 bits per heavy atom. The average Bonchev–Trinajstić information content (AvgIpc) is 2.21. The van der Waals surface area contributed by atoms with Crippen LogP contribution in [0.1, 0.15) is 38.7 Å². The van der Waals surface area contributed by atoms with Gasteiger partial charge in [-0.1, -0.05) is 31.5 Å². The van der Waals surface area contributed by atoms with E-state index in [4.69, 9.17) is 11.6 Å². The molecule has 1 N–H and O–H groups in total. The second-order valence-electron chi connectivity index (χ2n) is 6.00. The third-order valence-electron chi connectivity index (χ3n) is 3.78. The zero-order chi connectivity index (χ0) is 13.3. The van der Waals surface area contributed by atoms with Crippen LogP contribution < -0.4 is 0 Å². The Morgan fingerprint density at radius 1 is 1.33 bits per heavy atom. The maximum absolute atomic E-state index is 13.4. The minimum atomic E-state index is -0.697.